The highest BCUT2D eigenvalue weighted by Gasteiger charge is 2.33. The molecule has 180 valence electrons. The van der Waals surface area contributed by atoms with Gasteiger partial charge in [0.2, 0.25) is 11.8 Å². The van der Waals surface area contributed by atoms with Crippen molar-refractivity contribution in [3.05, 3.63) is 46.2 Å². The maximum Gasteiger partial charge on any atom is 0.249 e. The molecule has 0 spiro atoms. The fourth-order valence-corrected chi connectivity index (χ4v) is 4.88. The third-order valence-electron chi connectivity index (χ3n) is 5.80. The molecule has 0 saturated heterocycles. The Morgan fingerprint density at radius 1 is 1.18 bits per heavy atom. The van der Waals surface area contributed by atoms with Crippen molar-refractivity contribution in [1.82, 2.24) is 9.80 Å². The van der Waals surface area contributed by atoms with E-state index in [4.69, 9.17) is 14.2 Å². The molecule has 0 bridgehead atoms. The largest absolute Gasteiger partial charge is 0.493 e. The van der Waals surface area contributed by atoms with E-state index < -0.39 is 0 Å². The number of nitrogens with zero attached hydrogens (tertiary/aromatic N) is 2. The lowest BCUT2D eigenvalue weighted by atomic mass is 10.0. The highest BCUT2D eigenvalue weighted by atomic mass is 32.1. The van der Waals surface area contributed by atoms with Gasteiger partial charge in [0.15, 0.2) is 11.5 Å². The fourth-order valence-electron chi connectivity index (χ4n) is 3.96. The van der Waals surface area contributed by atoms with Gasteiger partial charge >= 0.3 is 0 Å². The van der Waals surface area contributed by atoms with Gasteiger partial charge in [-0.15, -0.1) is 11.3 Å². The van der Waals surface area contributed by atoms with Crippen LogP contribution in [-0.2, 0) is 20.7 Å². The third-order valence-corrected chi connectivity index (χ3v) is 6.80. The molecule has 2 heterocycles. The highest BCUT2D eigenvalue weighted by molar-refractivity contribution is 7.10. The first kappa shape index (κ1) is 25.1. The first-order valence-electron chi connectivity index (χ1n) is 11.3. The van der Waals surface area contributed by atoms with E-state index >= 15 is 0 Å². The number of hydrogen-bond donors (Lipinski definition) is 0. The number of para-hydroxylation sites is 2. The van der Waals surface area contributed by atoms with Crippen molar-refractivity contribution in [3.63, 3.8) is 0 Å². The summed E-state index contributed by atoms with van der Waals surface area (Å²) in [5, 5.41) is 2.06. The lowest BCUT2D eigenvalue weighted by Gasteiger charge is -2.37. The zero-order valence-electron chi connectivity index (χ0n) is 19.9. The van der Waals surface area contributed by atoms with Gasteiger partial charge in [-0.25, -0.2) is 0 Å². The molecule has 0 aliphatic carbocycles. The maximum absolute atomic E-state index is 13.5. The van der Waals surface area contributed by atoms with Gasteiger partial charge in [-0.05, 0) is 47.9 Å². The molecule has 0 saturated carbocycles. The van der Waals surface area contributed by atoms with Gasteiger partial charge in [0, 0.05) is 25.1 Å². The molecule has 1 atom stereocenters. The number of rotatable bonds is 11. The molecule has 2 amide bonds. The zero-order valence-corrected chi connectivity index (χ0v) is 20.7. The van der Waals surface area contributed by atoms with Crippen LogP contribution in [0, 0.1) is 5.92 Å². The average Bonchev–Trinajstić information content (AvgIpc) is 3.29. The predicted octanol–water partition coefficient (Wildman–Crippen LogP) is 3.78. The van der Waals surface area contributed by atoms with Crippen LogP contribution < -0.4 is 9.47 Å². The summed E-state index contributed by atoms with van der Waals surface area (Å²) in [6, 6.07) is 9.35. The monoisotopic (exact) mass is 474 g/mol. The molecule has 7 nitrogen and oxygen atoms in total. The Morgan fingerprint density at radius 3 is 2.64 bits per heavy atom. The molecule has 33 heavy (non-hydrogen) atoms. The number of ether oxygens (including phenoxy) is 3. The summed E-state index contributed by atoms with van der Waals surface area (Å²) in [6.45, 7) is 5.67. The molecule has 2 aromatic rings. The van der Waals surface area contributed by atoms with E-state index in [2.05, 4.69) is 25.3 Å². The van der Waals surface area contributed by atoms with Gasteiger partial charge < -0.3 is 24.0 Å². The summed E-state index contributed by atoms with van der Waals surface area (Å²) in [4.78, 5) is 30.8. The van der Waals surface area contributed by atoms with Crippen molar-refractivity contribution < 1.29 is 23.8 Å². The second-order valence-electron chi connectivity index (χ2n) is 8.54. The Hall–Kier alpha value is -2.58. The van der Waals surface area contributed by atoms with Crippen LogP contribution in [-0.4, -0.2) is 68.7 Å². The smallest absolute Gasteiger partial charge is 0.249 e. The lowest BCUT2D eigenvalue weighted by molar-refractivity contribution is -0.144. The van der Waals surface area contributed by atoms with E-state index in [1.165, 1.54) is 12.0 Å². The summed E-state index contributed by atoms with van der Waals surface area (Å²) < 4.78 is 16.6. The van der Waals surface area contributed by atoms with Crippen LogP contribution >= 0.6 is 11.3 Å². The van der Waals surface area contributed by atoms with E-state index in [9.17, 15) is 9.59 Å². The van der Waals surface area contributed by atoms with Crippen LogP contribution in [0.2, 0.25) is 0 Å². The average molecular weight is 475 g/mol. The van der Waals surface area contributed by atoms with E-state index in [0.29, 0.717) is 37.1 Å². The van der Waals surface area contributed by atoms with Crippen molar-refractivity contribution in [1.29, 1.82) is 0 Å². The maximum atomic E-state index is 13.5. The summed E-state index contributed by atoms with van der Waals surface area (Å²) in [5.74, 6) is 1.49. The number of benzene rings is 1. The molecule has 1 aromatic carbocycles. The van der Waals surface area contributed by atoms with E-state index in [0.717, 1.165) is 18.4 Å². The second kappa shape index (κ2) is 12.0. The Kier molecular flexibility index (Phi) is 9.14. The van der Waals surface area contributed by atoms with Crippen LogP contribution in [0.4, 0.5) is 0 Å². The molecule has 8 heteroatoms. The lowest BCUT2D eigenvalue weighted by Crippen LogP contribution is -2.48. The first-order valence-corrected chi connectivity index (χ1v) is 12.2. The van der Waals surface area contributed by atoms with Crippen LogP contribution in [0.25, 0.3) is 0 Å². The van der Waals surface area contributed by atoms with Gasteiger partial charge in [0.1, 0.15) is 13.2 Å². The number of carbonyl (C=O) groups excluding carboxylic acids is 2. The molecule has 1 aliphatic rings. The Labute approximate surface area is 200 Å². The first-order chi connectivity index (χ1) is 15.9. The highest BCUT2D eigenvalue weighted by Crippen LogP contribution is 2.35. The minimum absolute atomic E-state index is 0.0274. The van der Waals surface area contributed by atoms with Gasteiger partial charge in [0.05, 0.1) is 19.7 Å². The van der Waals surface area contributed by atoms with Crippen molar-refractivity contribution in [2.45, 2.75) is 32.7 Å². The van der Waals surface area contributed by atoms with E-state index in [1.54, 1.807) is 23.3 Å². The molecule has 0 N–H and O–H groups in total. The van der Waals surface area contributed by atoms with Crippen molar-refractivity contribution in [3.8, 4) is 11.5 Å². The van der Waals surface area contributed by atoms with E-state index in [1.807, 2.05) is 29.2 Å². The number of amides is 2. The van der Waals surface area contributed by atoms with Crippen LogP contribution in [0.1, 0.15) is 36.8 Å². The number of hydrogen-bond acceptors (Lipinski definition) is 6. The van der Waals surface area contributed by atoms with Crippen LogP contribution in [0.15, 0.2) is 35.7 Å². The number of fused-ring (bicyclic) bond motifs is 1. The van der Waals surface area contributed by atoms with Crippen molar-refractivity contribution in [2.24, 2.45) is 5.92 Å². The van der Waals surface area contributed by atoms with E-state index in [-0.39, 0.29) is 31.0 Å². The fraction of sp³-hybridized carbons (Fsp3) is 0.520. The molecule has 1 aromatic heterocycles. The van der Waals surface area contributed by atoms with Crippen LogP contribution in [0.5, 0.6) is 11.5 Å². The molecule has 0 radical (unpaired) electrons. The van der Waals surface area contributed by atoms with Gasteiger partial charge in [-0.3, -0.25) is 9.59 Å². The Bertz CT molecular complexity index is 929. The molecule has 0 unspecified atom stereocenters. The van der Waals surface area contributed by atoms with Gasteiger partial charge in [-0.1, -0.05) is 26.0 Å². The van der Waals surface area contributed by atoms with Gasteiger partial charge in [0.25, 0.3) is 0 Å². The second-order valence-corrected chi connectivity index (χ2v) is 9.55. The minimum atomic E-state index is -0.220. The molecule has 0 fully saturated rings. The summed E-state index contributed by atoms with van der Waals surface area (Å²) in [6.07, 6.45) is 1.64. The summed E-state index contributed by atoms with van der Waals surface area (Å²) in [5.41, 5.74) is 1.12. The predicted molar refractivity (Wildman–Crippen MR) is 129 cm³/mol. The molecule has 1 aliphatic heterocycles. The Morgan fingerprint density at radius 2 is 1.94 bits per heavy atom. The zero-order chi connectivity index (χ0) is 23.8. The standard InChI is InChI=1S/C25H34N2O5S/c1-18(2)9-12-26(25(29)17-30-3)15-24(28)27-13-10-23-19(11-14-33-23)20(27)16-32-22-8-6-5-7-21(22)31-4/h5-8,11,14,18,20H,9-10,12-13,15-17H2,1-4H3/t20-/m0/s1. The summed E-state index contributed by atoms with van der Waals surface area (Å²) in [7, 11) is 3.10. The van der Waals surface area contributed by atoms with Crippen LogP contribution in [0.3, 0.4) is 0 Å². The minimum Gasteiger partial charge on any atom is -0.493 e. The van der Waals surface area contributed by atoms with Crippen molar-refractivity contribution >= 4 is 23.2 Å². The number of methoxy groups -OCH3 is 2. The quantitative estimate of drug-likeness (QED) is 0.496. The molecule has 3 rings (SSSR count). The molecular formula is C25H34N2O5S. The normalized spacial score (nSPS) is 15.3. The SMILES string of the molecule is COCC(=O)N(CCC(C)C)CC(=O)N1CCc2sccc2[C@@H]1COc1ccccc1OC. The number of carbonyl (C=O) groups is 2. The summed E-state index contributed by atoms with van der Waals surface area (Å²) >= 11 is 1.71. The topological polar surface area (TPSA) is 68.3 Å². The molecular weight excluding hydrogens is 440 g/mol. The van der Waals surface area contributed by atoms with Gasteiger partial charge in [-0.2, -0.15) is 0 Å². The Balaban J connectivity index is 1.77. The number of thiophene rings is 1. The van der Waals surface area contributed by atoms with Crippen molar-refractivity contribution in [2.75, 3.05) is 47.1 Å². The third kappa shape index (κ3) is 6.48.